The molecular formula is C23H32NO7S2+. The van der Waals surface area contributed by atoms with Gasteiger partial charge in [-0.05, 0) is 62.1 Å². The Kier molecular flexibility index (Phi) is 7.52. The second-order valence-corrected chi connectivity index (χ2v) is 12.2. The van der Waals surface area contributed by atoms with Gasteiger partial charge in [0.05, 0.1) is 23.5 Å². The highest BCUT2D eigenvalue weighted by atomic mass is 32.2. The molecule has 0 fully saturated rings. The zero-order valence-electron chi connectivity index (χ0n) is 19.2. The predicted octanol–water partition coefficient (Wildman–Crippen LogP) is 3.95. The molecule has 2 aromatic carbocycles. The summed E-state index contributed by atoms with van der Waals surface area (Å²) in [4.78, 5) is 0. The zero-order chi connectivity index (χ0) is 24.4. The van der Waals surface area contributed by atoms with Crippen molar-refractivity contribution in [1.82, 2.24) is 0 Å². The second kappa shape index (κ2) is 9.69. The molecule has 10 heteroatoms. The Morgan fingerprint density at radius 3 is 2.15 bits per heavy atom. The molecule has 0 saturated heterocycles. The Morgan fingerprint density at radius 2 is 1.52 bits per heavy atom. The number of rotatable bonds is 11. The Hall–Kier alpha value is -2.01. The van der Waals surface area contributed by atoms with Crippen LogP contribution in [-0.4, -0.2) is 60.9 Å². The van der Waals surface area contributed by atoms with Crippen molar-refractivity contribution in [2.45, 2.75) is 51.9 Å². The summed E-state index contributed by atoms with van der Waals surface area (Å²) in [5.41, 5.74) is 3.21. The largest absolute Gasteiger partial charge is 0.494 e. The van der Waals surface area contributed by atoms with Crippen molar-refractivity contribution in [3.05, 3.63) is 35.9 Å². The normalized spacial score (nSPS) is 15.8. The molecule has 2 aromatic rings. The molecule has 0 bridgehead atoms. The van der Waals surface area contributed by atoms with Crippen LogP contribution in [0.25, 0.3) is 10.8 Å². The summed E-state index contributed by atoms with van der Waals surface area (Å²) in [5, 5.41) is 2.16. The predicted molar refractivity (Wildman–Crippen MR) is 129 cm³/mol. The van der Waals surface area contributed by atoms with Crippen molar-refractivity contribution in [3.63, 3.8) is 0 Å². The van der Waals surface area contributed by atoms with E-state index in [-0.39, 0.29) is 16.9 Å². The summed E-state index contributed by atoms with van der Waals surface area (Å²) >= 11 is 0. The van der Waals surface area contributed by atoms with Gasteiger partial charge in [-0.3, -0.25) is 9.11 Å². The maximum atomic E-state index is 11.0. The van der Waals surface area contributed by atoms with Crippen molar-refractivity contribution in [2.75, 3.05) is 24.7 Å². The number of nitrogens with zero attached hydrogens (tertiary/aromatic N) is 1. The first-order valence-electron chi connectivity index (χ1n) is 11.0. The Morgan fingerprint density at radius 1 is 0.909 bits per heavy atom. The van der Waals surface area contributed by atoms with E-state index < -0.39 is 20.2 Å². The van der Waals surface area contributed by atoms with E-state index in [1.807, 2.05) is 18.2 Å². The molecule has 2 N–H and O–H groups in total. The first-order chi connectivity index (χ1) is 15.3. The third-order valence-electron chi connectivity index (χ3n) is 6.30. The monoisotopic (exact) mass is 498 g/mol. The molecule has 1 aliphatic rings. The minimum Gasteiger partial charge on any atom is -0.494 e. The average Bonchev–Trinajstić information content (AvgIpc) is 2.89. The molecule has 0 saturated carbocycles. The number of fused-ring (bicyclic) bond motifs is 3. The molecule has 1 aliphatic heterocycles. The van der Waals surface area contributed by atoms with Crippen molar-refractivity contribution in [3.8, 4) is 5.75 Å². The summed E-state index contributed by atoms with van der Waals surface area (Å²) in [6, 6.07) is 10.1. The summed E-state index contributed by atoms with van der Waals surface area (Å²) in [7, 11) is -7.90. The molecule has 8 nitrogen and oxygen atoms in total. The highest BCUT2D eigenvalue weighted by molar-refractivity contribution is 7.86. The van der Waals surface area contributed by atoms with Crippen LogP contribution in [0.15, 0.2) is 30.3 Å². The van der Waals surface area contributed by atoms with Gasteiger partial charge in [-0.1, -0.05) is 6.07 Å². The van der Waals surface area contributed by atoms with Gasteiger partial charge >= 0.3 is 0 Å². The van der Waals surface area contributed by atoms with Crippen LogP contribution in [0.3, 0.4) is 0 Å². The zero-order valence-corrected chi connectivity index (χ0v) is 20.9. The van der Waals surface area contributed by atoms with Crippen molar-refractivity contribution < 1.29 is 35.3 Å². The number of ether oxygens (including phenoxy) is 1. The minimum atomic E-state index is -3.95. The molecule has 0 amide bonds. The molecule has 182 valence electrons. The topological polar surface area (TPSA) is 121 Å². The Labute approximate surface area is 195 Å². The smallest absolute Gasteiger partial charge is 0.264 e. The second-order valence-electron chi connectivity index (χ2n) is 9.04. The van der Waals surface area contributed by atoms with Gasteiger partial charge in [0.1, 0.15) is 12.3 Å². The van der Waals surface area contributed by atoms with Crippen LogP contribution in [0.1, 0.15) is 52.0 Å². The van der Waals surface area contributed by atoms with Crippen LogP contribution < -0.4 is 4.74 Å². The molecule has 3 rings (SSSR count). The summed E-state index contributed by atoms with van der Waals surface area (Å²) < 4.78 is 69.6. The molecule has 0 spiro atoms. The molecule has 0 unspecified atom stereocenters. The van der Waals surface area contributed by atoms with Crippen LogP contribution >= 0.6 is 0 Å². The van der Waals surface area contributed by atoms with Crippen molar-refractivity contribution in [1.29, 1.82) is 0 Å². The van der Waals surface area contributed by atoms with Gasteiger partial charge in [-0.15, -0.1) is 0 Å². The van der Waals surface area contributed by atoms with Gasteiger partial charge in [-0.25, -0.2) is 0 Å². The van der Waals surface area contributed by atoms with Gasteiger partial charge < -0.3 is 4.74 Å². The average molecular weight is 499 g/mol. The van der Waals surface area contributed by atoms with Gasteiger partial charge in [-0.2, -0.15) is 21.4 Å². The maximum absolute atomic E-state index is 11.0. The van der Waals surface area contributed by atoms with E-state index in [4.69, 9.17) is 13.8 Å². The molecule has 0 radical (unpaired) electrons. The summed E-state index contributed by atoms with van der Waals surface area (Å²) in [5.74, 6) is 0.187. The number of benzene rings is 2. The van der Waals surface area contributed by atoms with Crippen molar-refractivity contribution >= 4 is 42.4 Å². The standard InChI is InChI=1S/C23H31NO7S2/c1-17-23(2,3)22-20-16-19(31-13-5-7-15-33(28,29)30)10-8-18(20)9-11-21(22)24(17)12-4-6-14-32(25,26)27/h8-11,16H,4-7,12-15H2,1-3H3,(H-,25,26,27,28,29,30)/p+1. The minimum absolute atomic E-state index is 0.230. The molecular weight excluding hydrogens is 466 g/mol. The van der Waals surface area contributed by atoms with Gasteiger partial charge in [0.25, 0.3) is 20.2 Å². The van der Waals surface area contributed by atoms with E-state index in [0.29, 0.717) is 44.6 Å². The lowest BCUT2D eigenvalue weighted by Gasteiger charge is -2.18. The van der Waals surface area contributed by atoms with Crippen molar-refractivity contribution in [2.24, 2.45) is 0 Å². The quantitative estimate of drug-likeness (QED) is 0.273. The first-order valence-corrected chi connectivity index (χ1v) is 14.2. The highest BCUT2D eigenvalue weighted by Crippen LogP contribution is 2.44. The van der Waals surface area contributed by atoms with Crippen LogP contribution in [0.4, 0.5) is 5.69 Å². The maximum Gasteiger partial charge on any atom is 0.264 e. The fraction of sp³-hybridized carbons (Fsp3) is 0.522. The van der Waals surface area contributed by atoms with Crippen LogP contribution in [0, 0.1) is 0 Å². The van der Waals surface area contributed by atoms with E-state index in [1.165, 1.54) is 11.3 Å². The molecule has 0 aliphatic carbocycles. The number of unbranched alkanes of at least 4 members (excludes halogenated alkanes) is 2. The molecule has 0 atom stereocenters. The third-order valence-corrected chi connectivity index (χ3v) is 7.90. The lowest BCUT2D eigenvalue weighted by Crippen LogP contribution is -2.27. The van der Waals surface area contributed by atoms with Crippen LogP contribution in [0.2, 0.25) is 0 Å². The van der Waals surface area contributed by atoms with Crippen LogP contribution in [-0.2, 0) is 25.7 Å². The molecule has 1 heterocycles. The highest BCUT2D eigenvalue weighted by Gasteiger charge is 2.44. The lowest BCUT2D eigenvalue weighted by atomic mass is 9.80. The van der Waals surface area contributed by atoms with E-state index in [9.17, 15) is 16.8 Å². The van der Waals surface area contributed by atoms with Gasteiger partial charge in [0.15, 0.2) is 5.71 Å². The molecule has 0 aromatic heterocycles. The van der Waals surface area contributed by atoms with E-state index in [2.05, 4.69) is 37.5 Å². The third kappa shape index (κ3) is 6.32. The summed E-state index contributed by atoms with van der Waals surface area (Å²) in [6.07, 6.45) is 1.87. The number of hydrogen-bond donors (Lipinski definition) is 2. The Balaban J connectivity index is 1.80. The first kappa shape index (κ1) is 25.6. The fourth-order valence-electron chi connectivity index (χ4n) is 4.38. The van der Waals surface area contributed by atoms with Gasteiger partial charge in [0, 0.05) is 25.0 Å². The number of hydrogen-bond acceptors (Lipinski definition) is 5. The molecule has 33 heavy (non-hydrogen) atoms. The van der Waals surface area contributed by atoms with Crippen LogP contribution in [0.5, 0.6) is 5.75 Å². The lowest BCUT2D eigenvalue weighted by molar-refractivity contribution is -0.439. The van der Waals surface area contributed by atoms with E-state index in [0.717, 1.165) is 16.5 Å². The SMILES string of the molecule is CC1=[N+](CCCCS(=O)(=O)O)c2ccc3ccc(OCCCCS(=O)(=O)O)cc3c2C1(C)C. The van der Waals surface area contributed by atoms with Gasteiger partial charge in [0.2, 0.25) is 5.69 Å². The fourth-order valence-corrected chi connectivity index (χ4v) is 5.51. The Bertz CT molecular complexity index is 1280. The summed E-state index contributed by atoms with van der Waals surface area (Å²) in [6.45, 7) is 7.44. The van der Waals surface area contributed by atoms with E-state index >= 15 is 0 Å². The van der Waals surface area contributed by atoms with E-state index in [1.54, 1.807) is 0 Å².